The predicted molar refractivity (Wildman–Crippen MR) is 194 cm³/mol. The molecule has 10 atom stereocenters. The number of rotatable bonds is 10. The largest absolute Gasteiger partial charge is 0.481 e. The van der Waals surface area contributed by atoms with Crippen LogP contribution in [0.1, 0.15) is 154 Å². The number of carboxylic acids is 2. The van der Waals surface area contributed by atoms with Gasteiger partial charge < -0.3 is 20.8 Å². The zero-order valence-electron chi connectivity index (χ0n) is 30.7. The molecule has 51 heavy (non-hydrogen) atoms. The van der Waals surface area contributed by atoms with Crippen LogP contribution in [0.5, 0.6) is 0 Å². The maximum Gasteiger partial charge on any atom is 0.307 e. The van der Waals surface area contributed by atoms with Gasteiger partial charge in [0.05, 0.1) is 34.2 Å². The summed E-state index contributed by atoms with van der Waals surface area (Å²) in [7, 11) is -3.56. The minimum atomic E-state index is -3.56. The first kappa shape index (κ1) is 38.6. The maximum atomic E-state index is 14.1. The van der Waals surface area contributed by atoms with Crippen LogP contribution in [0.25, 0.3) is 0 Å². The molecule has 0 radical (unpaired) electrons. The Hall–Kier alpha value is -2.17. The average molecular weight is 733 g/mol. The lowest BCUT2D eigenvalue weighted by atomic mass is 9.66. The van der Waals surface area contributed by atoms with Gasteiger partial charge in [0.1, 0.15) is 0 Å². The van der Waals surface area contributed by atoms with Gasteiger partial charge >= 0.3 is 11.9 Å². The lowest BCUT2D eigenvalue weighted by Gasteiger charge is -2.40. The number of carbonyl (C=O) groups excluding carboxylic acids is 2. The highest BCUT2D eigenvalue weighted by Crippen LogP contribution is 2.45. The SMILES string of the molecule is O=C(O)C1CCC(C2CCCCC2)CC1C(=O)NC1CCCC(S(=O)(=O)C2CCCC(NC(=O)C3CC(C4CCCCC4)CCC3C(=O)O)C2)C1. The third kappa shape index (κ3) is 9.32. The van der Waals surface area contributed by atoms with E-state index in [4.69, 9.17) is 0 Å². The van der Waals surface area contributed by atoms with Crippen molar-refractivity contribution in [3.63, 3.8) is 0 Å². The molecule has 4 N–H and O–H groups in total. The minimum absolute atomic E-state index is 0.223. The smallest absolute Gasteiger partial charge is 0.307 e. The van der Waals surface area contributed by atoms with E-state index in [1.165, 1.54) is 38.5 Å². The fourth-order valence-corrected chi connectivity index (χ4v) is 14.2. The van der Waals surface area contributed by atoms with E-state index in [2.05, 4.69) is 10.6 Å². The third-order valence-electron chi connectivity index (χ3n) is 14.6. The van der Waals surface area contributed by atoms with Crippen LogP contribution in [0.4, 0.5) is 0 Å². The topological polar surface area (TPSA) is 167 Å². The van der Waals surface area contributed by atoms with Gasteiger partial charge in [-0.25, -0.2) is 8.42 Å². The Morgan fingerprint density at radius 2 is 0.804 bits per heavy atom. The van der Waals surface area contributed by atoms with Gasteiger partial charge in [0.15, 0.2) is 9.84 Å². The molecule has 0 aromatic carbocycles. The van der Waals surface area contributed by atoms with Crippen LogP contribution in [0, 0.1) is 47.3 Å². The van der Waals surface area contributed by atoms with Crippen molar-refractivity contribution in [2.24, 2.45) is 47.3 Å². The fraction of sp³-hybridized carbons (Fsp3) is 0.900. The summed E-state index contributed by atoms with van der Waals surface area (Å²) in [5.41, 5.74) is 0. The number of hydrogen-bond acceptors (Lipinski definition) is 6. The van der Waals surface area contributed by atoms with Gasteiger partial charge in [-0.3, -0.25) is 19.2 Å². The van der Waals surface area contributed by atoms with Gasteiger partial charge in [-0.1, -0.05) is 77.0 Å². The summed E-state index contributed by atoms with van der Waals surface area (Å²) in [5.74, 6) is -2.92. The summed E-state index contributed by atoms with van der Waals surface area (Å²) < 4.78 is 28.3. The van der Waals surface area contributed by atoms with Crippen molar-refractivity contribution in [2.75, 3.05) is 0 Å². The molecule has 288 valence electrons. The van der Waals surface area contributed by atoms with Gasteiger partial charge in [-0.05, 0) is 101 Å². The van der Waals surface area contributed by atoms with Crippen molar-refractivity contribution in [3.05, 3.63) is 0 Å². The molecule has 2 amide bonds. The second-order valence-electron chi connectivity index (χ2n) is 17.6. The second-order valence-corrected chi connectivity index (χ2v) is 20.1. The molecule has 6 rings (SSSR count). The van der Waals surface area contributed by atoms with Crippen LogP contribution in [0.3, 0.4) is 0 Å². The van der Waals surface area contributed by atoms with Crippen LogP contribution in [-0.4, -0.2) is 65.0 Å². The van der Waals surface area contributed by atoms with E-state index < -0.39 is 55.9 Å². The quantitative estimate of drug-likeness (QED) is 0.194. The number of carboxylic acid groups (broad SMARTS) is 2. The molecule has 10 nitrogen and oxygen atoms in total. The molecule has 0 saturated heterocycles. The van der Waals surface area contributed by atoms with Crippen molar-refractivity contribution in [1.29, 1.82) is 0 Å². The van der Waals surface area contributed by atoms with Crippen molar-refractivity contribution >= 4 is 33.6 Å². The Bertz CT molecular complexity index is 1250. The lowest BCUT2D eigenvalue weighted by molar-refractivity contribution is -0.150. The van der Waals surface area contributed by atoms with E-state index >= 15 is 0 Å². The summed E-state index contributed by atoms with van der Waals surface area (Å²) >= 11 is 0. The molecule has 6 aliphatic carbocycles. The Labute approximate surface area is 305 Å². The molecule has 0 spiro atoms. The number of aliphatic carboxylic acids is 2. The van der Waals surface area contributed by atoms with E-state index in [1.807, 2.05) is 0 Å². The summed E-state index contributed by atoms with van der Waals surface area (Å²) in [6.45, 7) is 0. The molecule has 0 aromatic rings. The molecule has 0 bridgehead atoms. The molecule has 0 aromatic heterocycles. The molecule has 0 aliphatic heterocycles. The second kappa shape index (κ2) is 17.3. The lowest BCUT2D eigenvalue weighted by Crippen LogP contribution is -2.50. The Balaban J connectivity index is 1.04. The van der Waals surface area contributed by atoms with Crippen molar-refractivity contribution in [3.8, 4) is 0 Å². The average Bonchev–Trinajstić information content (AvgIpc) is 3.15. The fourth-order valence-electron chi connectivity index (χ4n) is 11.7. The van der Waals surface area contributed by atoms with Crippen molar-refractivity contribution < 1.29 is 37.8 Å². The summed E-state index contributed by atoms with van der Waals surface area (Å²) in [6, 6.07) is -0.600. The van der Waals surface area contributed by atoms with Gasteiger partial charge in [0.2, 0.25) is 11.8 Å². The van der Waals surface area contributed by atoms with Crippen LogP contribution in [0.2, 0.25) is 0 Å². The highest BCUT2D eigenvalue weighted by molar-refractivity contribution is 7.92. The van der Waals surface area contributed by atoms with Crippen molar-refractivity contribution in [1.82, 2.24) is 10.6 Å². The third-order valence-corrected chi connectivity index (χ3v) is 17.3. The van der Waals surface area contributed by atoms with Gasteiger partial charge in [0.25, 0.3) is 0 Å². The molecule has 6 fully saturated rings. The van der Waals surface area contributed by atoms with E-state index in [0.29, 0.717) is 101 Å². The molecular weight excluding hydrogens is 669 g/mol. The molecule has 10 unspecified atom stereocenters. The highest BCUT2D eigenvalue weighted by atomic mass is 32.2. The Morgan fingerprint density at radius 1 is 0.412 bits per heavy atom. The molecule has 11 heteroatoms. The zero-order chi connectivity index (χ0) is 36.1. The van der Waals surface area contributed by atoms with Crippen LogP contribution < -0.4 is 10.6 Å². The van der Waals surface area contributed by atoms with Gasteiger partial charge in [0, 0.05) is 12.1 Å². The number of nitrogens with one attached hydrogen (secondary N) is 2. The molecule has 6 aliphatic rings. The van der Waals surface area contributed by atoms with Gasteiger partial charge in [-0.15, -0.1) is 0 Å². The standard InChI is InChI=1S/C40H64N2O8S/c43-37(35-21-27(17-19-33(35)39(45)46)25-9-3-1-4-10-25)41-29-13-7-15-31(23-29)51(49,50)32-16-8-14-30(24-32)42-38(44)36-22-28(18-20-34(36)40(47)48)26-11-5-2-6-12-26/h25-36H,1-24H2,(H,41,43)(H,42,44)(H,45,46)(H,47,48). The predicted octanol–water partition coefficient (Wildman–Crippen LogP) is 6.65. The van der Waals surface area contributed by atoms with Crippen LogP contribution in [-0.2, 0) is 29.0 Å². The van der Waals surface area contributed by atoms with Crippen molar-refractivity contribution in [2.45, 2.75) is 177 Å². The summed E-state index contributed by atoms with van der Waals surface area (Å²) in [5, 5.41) is 25.1. The number of amides is 2. The number of carbonyl (C=O) groups is 4. The monoisotopic (exact) mass is 732 g/mol. The number of sulfone groups is 1. The summed E-state index contributed by atoms with van der Waals surface area (Å²) in [4.78, 5) is 51.8. The molecular formula is C40H64N2O8S. The first-order chi connectivity index (χ1) is 24.5. The number of hydrogen-bond donors (Lipinski definition) is 4. The van der Waals surface area contributed by atoms with Crippen LogP contribution in [0.15, 0.2) is 0 Å². The highest BCUT2D eigenvalue weighted by Gasteiger charge is 2.46. The van der Waals surface area contributed by atoms with E-state index in [1.54, 1.807) is 0 Å². The molecule has 0 heterocycles. The zero-order valence-corrected chi connectivity index (χ0v) is 31.5. The first-order valence-corrected chi connectivity index (χ1v) is 22.4. The first-order valence-electron chi connectivity index (χ1n) is 20.8. The van der Waals surface area contributed by atoms with E-state index in [9.17, 15) is 37.8 Å². The Morgan fingerprint density at radius 3 is 1.18 bits per heavy atom. The Kier molecular flexibility index (Phi) is 13.1. The molecule has 6 saturated carbocycles. The maximum absolute atomic E-state index is 14.1. The van der Waals surface area contributed by atoms with Crippen LogP contribution >= 0.6 is 0 Å². The van der Waals surface area contributed by atoms with E-state index in [0.717, 1.165) is 38.5 Å². The minimum Gasteiger partial charge on any atom is -0.481 e. The van der Waals surface area contributed by atoms with E-state index in [-0.39, 0.29) is 23.9 Å². The summed E-state index contributed by atoms with van der Waals surface area (Å²) in [6.07, 6.45) is 20.4. The van der Waals surface area contributed by atoms with Gasteiger partial charge in [-0.2, -0.15) is 0 Å². The normalized spacial score (nSPS) is 37.6.